The molecule has 4 nitrogen and oxygen atoms in total. The van der Waals surface area contributed by atoms with E-state index in [9.17, 15) is 4.79 Å². The minimum Gasteiger partial charge on any atom is -0.371 e. The Hall–Kier alpha value is -2.17. The molecule has 2 aromatic carbocycles. The fraction of sp³-hybridized carbons (Fsp3) is 0.350. The monoisotopic (exact) mass is 324 g/mol. The molecule has 1 saturated heterocycles. The molecule has 1 unspecified atom stereocenters. The smallest absolute Gasteiger partial charge is 0.238 e. The zero-order chi connectivity index (χ0) is 16.9. The Morgan fingerprint density at radius 1 is 1.17 bits per heavy atom. The zero-order valence-electron chi connectivity index (χ0n) is 14.3. The third-order valence-electron chi connectivity index (χ3n) is 4.57. The van der Waals surface area contributed by atoms with Crippen molar-refractivity contribution >= 4 is 11.6 Å². The molecule has 1 aliphatic rings. The lowest BCUT2D eigenvalue weighted by Gasteiger charge is -2.32. The van der Waals surface area contributed by atoms with Crippen LogP contribution in [0.5, 0.6) is 0 Å². The molecule has 0 saturated carbocycles. The van der Waals surface area contributed by atoms with Gasteiger partial charge in [-0.3, -0.25) is 9.69 Å². The first-order valence-electron chi connectivity index (χ1n) is 8.38. The van der Waals surface area contributed by atoms with E-state index >= 15 is 0 Å². The third-order valence-corrected chi connectivity index (χ3v) is 4.57. The lowest BCUT2D eigenvalue weighted by Crippen LogP contribution is -2.42. The van der Waals surface area contributed by atoms with Crippen LogP contribution in [-0.4, -0.2) is 37.0 Å². The van der Waals surface area contributed by atoms with Gasteiger partial charge in [-0.25, -0.2) is 0 Å². The van der Waals surface area contributed by atoms with Crippen LogP contribution in [0.1, 0.15) is 22.8 Å². The van der Waals surface area contributed by atoms with Crippen LogP contribution in [0, 0.1) is 13.8 Å². The molecule has 1 amide bonds. The predicted molar refractivity (Wildman–Crippen MR) is 96.1 cm³/mol. The van der Waals surface area contributed by atoms with Gasteiger partial charge in [-0.05, 0) is 36.6 Å². The van der Waals surface area contributed by atoms with E-state index in [4.69, 9.17) is 4.74 Å². The second-order valence-electron chi connectivity index (χ2n) is 6.30. The lowest BCUT2D eigenvalue weighted by atomic mass is 10.1. The van der Waals surface area contributed by atoms with E-state index in [0.29, 0.717) is 13.2 Å². The normalized spacial score (nSPS) is 18.3. The minimum atomic E-state index is 0.0254. The highest BCUT2D eigenvalue weighted by atomic mass is 16.5. The van der Waals surface area contributed by atoms with Gasteiger partial charge in [-0.2, -0.15) is 0 Å². The average molecular weight is 324 g/mol. The number of carbonyl (C=O) groups is 1. The molecule has 0 aliphatic carbocycles. The Balaban J connectivity index is 1.59. The van der Waals surface area contributed by atoms with Gasteiger partial charge in [0, 0.05) is 18.8 Å². The molecule has 3 rings (SSSR count). The number of rotatable bonds is 4. The van der Waals surface area contributed by atoms with E-state index in [2.05, 4.69) is 35.3 Å². The zero-order valence-corrected chi connectivity index (χ0v) is 14.3. The van der Waals surface area contributed by atoms with Gasteiger partial charge in [0.25, 0.3) is 0 Å². The third kappa shape index (κ3) is 4.02. The van der Waals surface area contributed by atoms with Crippen molar-refractivity contribution in [1.29, 1.82) is 0 Å². The van der Waals surface area contributed by atoms with Gasteiger partial charge in [0.05, 0.1) is 19.3 Å². The van der Waals surface area contributed by atoms with Gasteiger partial charge >= 0.3 is 0 Å². The molecule has 1 fully saturated rings. The molecular weight excluding hydrogens is 300 g/mol. The van der Waals surface area contributed by atoms with E-state index in [1.807, 2.05) is 37.3 Å². The van der Waals surface area contributed by atoms with E-state index in [1.54, 1.807) is 0 Å². The molecule has 1 heterocycles. The SMILES string of the molecule is Cc1cccc(NC(=O)CN2CCOC(c3ccccc3)C2)c1C. The predicted octanol–water partition coefficient (Wildman–Crippen LogP) is 3.32. The summed E-state index contributed by atoms with van der Waals surface area (Å²) in [6, 6.07) is 16.2. The first-order valence-corrected chi connectivity index (χ1v) is 8.38. The summed E-state index contributed by atoms with van der Waals surface area (Å²) in [7, 11) is 0. The number of morpholine rings is 1. The van der Waals surface area contributed by atoms with Crippen LogP contribution in [0.2, 0.25) is 0 Å². The molecule has 24 heavy (non-hydrogen) atoms. The number of nitrogens with one attached hydrogen (secondary N) is 1. The van der Waals surface area contributed by atoms with Crippen molar-refractivity contribution in [2.75, 3.05) is 31.6 Å². The Kier molecular flexibility index (Phi) is 5.28. The summed E-state index contributed by atoms with van der Waals surface area (Å²) < 4.78 is 5.86. The van der Waals surface area contributed by atoms with Gasteiger partial charge in [-0.15, -0.1) is 0 Å². The number of nitrogens with zero attached hydrogens (tertiary/aromatic N) is 1. The van der Waals surface area contributed by atoms with Crippen molar-refractivity contribution < 1.29 is 9.53 Å². The summed E-state index contributed by atoms with van der Waals surface area (Å²) in [5, 5.41) is 3.03. The molecule has 126 valence electrons. The van der Waals surface area contributed by atoms with E-state index in [0.717, 1.165) is 29.9 Å². The Morgan fingerprint density at radius 2 is 1.96 bits per heavy atom. The van der Waals surface area contributed by atoms with Crippen molar-refractivity contribution in [2.24, 2.45) is 0 Å². The maximum absolute atomic E-state index is 12.4. The lowest BCUT2D eigenvalue weighted by molar-refractivity contribution is -0.119. The second-order valence-corrected chi connectivity index (χ2v) is 6.30. The van der Waals surface area contributed by atoms with Crippen LogP contribution in [0.25, 0.3) is 0 Å². The summed E-state index contributed by atoms with van der Waals surface area (Å²) >= 11 is 0. The summed E-state index contributed by atoms with van der Waals surface area (Å²) in [5.41, 5.74) is 4.36. The molecule has 0 aromatic heterocycles. The van der Waals surface area contributed by atoms with Crippen LogP contribution in [0.15, 0.2) is 48.5 Å². The largest absolute Gasteiger partial charge is 0.371 e. The number of hydrogen-bond acceptors (Lipinski definition) is 3. The molecule has 1 N–H and O–H groups in total. The van der Waals surface area contributed by atoms with Gasteiger partial charge in [-0.1, -0.05) is 42.5 Å². The first-order chi connectivity index (χ1) is 11.6. The van der Waals surface area contributed by atoms with E-state index < -0.39 is 0 Å². The van der Waals surface area contributed by atoms with Crippen LogP contribution in [0.3, 0.4) is 0 Å². The quantitative estimate of drug-likeness (QED) is 0.938. The number of aryl methyl sites for hydroxylation is 1. The highest BCUT2D eigenvalue weighted by molar-refractivity contribution is 5.93. The van der Waals surface area contributed by atoms with Gasteiger partial charge in [0.1, 0.15) is 0 Å². The summed E-state index contributed by atoms with van der Waals surface area (Å²) in [5.74, 6) is 0.0254. The van der Waals surface area contributed by atoms with Gasteiger partial charge in [0.2, 0.25) is 5.91 Å². The topological polar surface area (TPSA) is 41.6 Å². The highest BCUT2D eigenvalue weighted by Gasteiger charge is 2.23. The molecule has 4 heteroatoms. The Morgan fingerprint density at radius 3 is 2.75 bits per heavy atom. The molecule has 0 bridgehead atoms. The second kappa shape index (κ2) is 7.60. The molecule has 0 radical (unpaired) electrons. The summed E-state index contributed by atoms with van der Waals surface area (Å²) in [6.07, 6.45) is 0.0356. The number of hydrogen-bond donors (Lipinski definition) is 1. The van der Waals surface area contributed by atoms with Crippen molar-refractivity contribution in [1.82, 2.24) is 4.90 Å². The number of carbonyl (C=O) groups excluding carboxylic acids is 1. The standard InChI is InChI=1S/C20H24N2O2/c1-15-7-6-10-18(16(15)2)21-20(23)14-22-11-12-24-19(13-22)17-8-4-3-5-9-17/h3-10,19H,11-14H2,1-2H3,(H,21,23). The molecule has 1 atom stereocenters. The van der Waals surface area contributed by atoms with Crippen molar-refractivity contribution in [3.8, 4) is 0 Å². The van der Waals surface area contributed by atoms with Crippen molar-refractivity contribution in [3.05, 3.63) is 65.2 Å². The van der Waals surface area contributed by atoms with Gasteiger partial charge in [0.15, 0.2) is 0 Å². The Bertz CT molecular complexity index is 700. The van der Waals surface area contributed by atoms with Crippen LogP contribution < -0.4 is 5.32 Å². The maximum Gasteiger partial charge on any atom is 0.238 e. The van der Waals surface area contributed by atoms with Crippen LogP contribution in [0.4, 0.5) is 5.69 Å². The summed E-state index contributed by atoms with van der Waals surface area (Å²) in [4.78, 5) is 14.5. The molecule has 1 aliphatic heterocycles. The van der Waals surface area contributed by atoms with E-state index in [1.165, 1.54) is 5.56 Å². The van der Waals surface area contributed by atoms with E-state index in [-0.39, 0.29) is 12.0 Å². The van der Waals surface area contributed by atoms with Crippen LogP contribution in [-0.2, 0) is 9.53 Å². The number of anilines is 1. The molecule has 0 spiro atoms. The summed E-state index contributed by atoms with van der Waals surface area (Å²) in [6.45, 7) is 6.65. The molecular formula is C20H24N2O2. The fourth-order valence-corrected chi connectivity index (χ4v) is 2.99. The first kappa shape index (κ1) is 16.7. The number of amides is 1. The maximum atomic E-state index is 12.4. The molecule has 2 aromatic rings. The fourth-order valence-electron chi connectivity index (χ4n) is 2.99. The minimum absolute atomic E-state index is 0.0254. The number of benzene rings is 2. The Labute approximate surface area is 143 Å². The van der Waals surface area contributed by atoms with Crippen LogP contribution >= 0.6 is 0 Å². The highest BCUT2D eigenvalue weighted by Crippen LogP contribution is 2.22. The number of ether oxygens (including phenoxy) is 1. The van der Waals surface area contributed by atoms with Crippen molar-refractivity contribution in [2.45, 2.75) is 20.0 Å². The van der Waals surface area contributed by atoms with Gasteiger partial charge < -0.3 is 10.1 Å². The average Bonchev–Trinajstić information content (AvgIpc) is 2.60. The van der Waals surface area contributed by atoms with Crippen molar-refractivity contribution in [3.63, 3.8) is 0 Å².